The molecule has 0 saturated carbocycles. The largest absolute Gasteiger partial charge is 0.397 e. The van der Waals surface area contributed by atoms with Gasteiger partial charge in [-0.15, -0.1) is 0 Å². The van der Waals surface area contributed by atoms with Crippen molar-refractivity contribution in [2.75, 3.05) is 5.73 Å². The van der Waals surface area contributed by atoms with Crippen LogP contribution in [0.25, 0.3) is 32.9 Å². The molecular weight excluding hydrogens is 310 g/mol. The first kappa shape index (κ1) is 15.0. The second kappa shape index (κ2) is 5.50. The van der Waals surface area contributed by atoms with Crippen LogP contribution in [0, 0.1) is 11.3 Å². The molecule has 4 aromatic rings. The van der Waals surface area contributed by atoms with Crippen molar-refractivity contribution >= 4 is 33.4 Å². The minimum Gasteiger partial charge on any atom is -0.397 e. The van der Waals surface area contributed by atoms with Gasteiger partial charge in [-0.25, -0.2) is 0 Å². The molecule has 1 heterocycles. The molecule has 0 saturated heterocycles. The van der Waals surface area contributed by atoms with E-state index < -0.39 is 0 Å². The molecule has 0 fully saturated rings. The third kappa shape index (κ3) is 2.10. The second-order valence-electron chi connectivity index (χ2n) is 5.96. The summed E-state index contributed by atoms with van der Waals surface area (Å²) < 4.78 is 1.66. The second-order valence-corrected chi connectivity index (χ2v) is 5.96. The molecule has 3 aromatic carbocycles. The van der Waals surface area contributed by atoms with Crippen LogP contribution in [0.3, 0.4) is 0 Å². The number of benzene rings is 3. The first-order valence-electron chi connectivity index (χ1n) is 7.95. The lowest BCUT2D eigenvalue weighted by Gasteiger charge is -2.10. The standard InChI is InChI=1S/C21H15N3O/c1-13(25)24-18-10-6-5-9-15(18)20-19(24)11-16(17(12-22)21(20)23)14-7-3-2-4-8-14/h2-11H,23H2,1H3. The molecule has 0 radical (unpaired) electrons. The van der Waals surface area contributed by atoms with Gasteiger partial charge in [-0.1, -0.05) is 48.5 Å². The van der Waals surface area contributed by atoms with E-state index in [0.717, 1.165) is 32.9 Å². The summed E-state index contributed by atoms with van der Waals surface area (Å²) in [6, 6.07) is 21.4. The first-order valence-corrected chi connectivity index (χ1v) is 7.95. The Kier molecular flexibility index (Phi) is 3.29. The lowest BCUT2D eigenvalue weighted by molar-refractivity contribution is 0.0946. The summed E-state index contributed by atoms with van der Waals surface area (Å²) in [5.74, 6) is -0.0886. The highest BCUT2D eigenvalue weighted by Crippen LogP contribution is 2.39. The van der Waals surface area contributed by atoms with E-state index >= 15 is 0 Å². The quantitative estimate of drug-likeness (QED) is 0.521. The van der Waals surface area contributed by atoms with Gasteiger partial charge in [0.2, 0.25) is 5.91 Å². The lowest BCUT2D eigenvalue weighted by atomic mass is 9.96. The topological polar surface area (TPSA) is 71.8 Å². The van der Waals surface area contributed by atoms with E-state index in [2.05, 4.69) is 6.07 Å². The molecule has 4 rings (SSSR count). The van der Waals surface area contributed by atoms with E-state index in [1.165, 1.54) is 6.92 Å². The number of hydrogen-bond acceptors (Lipinski definition) is 3. The van der Waals surface area contributed by atoms with Crippen LogP contribution in [0.5, 0.6) is 0 Å². The Morgan fingerprint density at radius 3 is 2.40 bits per heavy atom. The number of carbonyl (C=O) groups excluding carboxylic acids is 1. The monoisotopic (exact) mass is 325 g/mol. The predicted molar refractivity (Wildman–Crippen MR) is 100 cm³/mol. The Morgan fingerprint density at radius 1 is 1.04 bits per heavy atom. The Bertz CT molecular complexity index is 1180. The fraction of sp³-hybridized carbons (Fsp3) is 0.0476. The summed E-state index contributed by atoms with van der Waals surface area (Å²) in [5.41, 5.74) is 10.4. The van der Waals surface area contributed by atoms with Crippen LogP contribution in [-0.2, 0) is 0 Å². The number of rotatable bonds is 1. The number of nitriles is 1. The van der Waals surface area contributed by atoms with Crippen molar-refractivity contribution in [2.45, 2.75) is 6.92 Å². The van der Waals surface area contributed by atoms with Crippen molar-refractivity contribution < 1.29 is 4.79 Å². The molecule has 120 valence electrons. The Balaban J connectivity index is 2.25. The first-order chi connectivity index (χ1) is 12.1. The third-order valence-corrected chi connectivity index (χ3v) is 4.51. The highest BCUT2D eigenvalue weighted by atomic mass is 16.1. The molecule has 0 amide bonds. The average molecular weight is 325 g/mol. The molecular formula is C21H15N3O. The van der Waals surface area contributed by atoms with Gasteiger partial charge in [0.15, 0.2) is 0 Å². The van der Waals surface area contributed by atoms with Crippen LogP contribution in [0.15, 0.2) is 60.7 Å². The Labute approximate surface area is 144 Å². The number of nitrogens with two attached hydrogens (primary N) is 1. The fourth-order valence-electron chi connectivity index (χ4n) is 3.46. The molecule has 25 heavy (non-hydrogen) atoms. The van der Waals surface area contributed by atoms with Crippen LogP contribution in [0.1, 0.15) is 17.3 Å². The summed E-state index contributed by atoms with van der Waals surface area (Å²) >= 11 is 0. The molecule has 0 unspecified atom stereocenters. The lowest BCUT2D eigenvalue weighted by Crippen LogP contribution is -2.05. The van der Waals surface area contributed by atoms with Crippen molar-refractivity contribution in [3.05, 3.63) is 66.2 Å². The van der Waals surface area contributed by atoms with Crippen molar-refractivity contribution in [2.24, 2.45) is 0 Å². The summed E-state index contributed by atoms with van der Waals surface area (Å²) in [7, 11) is 0. The molecule has 4 nitrogen and oxygen atoms in total. The van der Waals surface area contributed by atoms with Gasteiger partial charge < -0.3 is 5.73 Å². The maximum atomic E-state index is 12.3. The number of carbonyl (C=O) groups is 1. The van der Waals surface area contributed by atoms with E-state index in [1.807, 2.05) is 60.7 Å². The van der Waals surface area contributed by atoms with Gasteiger partial charge in [-0.2, -0.15) is 5.26 Å². The van der Waals surface area contributed by atoms with Gasteiger partial charge in [0.05, 0.1) is 22.3 Å². The summed E-state index contributed by atoms with van der Waals surface area (Å²) in [4.78, 5) is 12.3. The molecule has 1 aromatic heterocycles. The number of hydrogen-bond donors (Lipinski definition) is 1. The molecule has 0 aliphatic rings. The highest BCUT2D eigenvalue weighted by molar-refractivity contribution is 6.19. The fourth-order valence-corrected chi connectivity index (χ4v) is 3.46. The SMILES string of the molecule is CC(=O)n1c2ccccc2c2c(N)c(C#N)c(-c3ccccc3)cc21. The minimum absolute atomic E-state index is 0.0886. The third-order valence-electron chi connectivity index (χ3n) is 4.51. The maximum Gasteiger partial charge on any atom is 0.228 e. The maximum absolute atomic E-state index is 12.3. The smallest absolute Gasteiger partial charge is 0.228 e. The van der Waals surface area contributed by atoms with Crippen molar-refractivity contribution in [3.63, 3.8) is 0 Å². The number of nitrogens with zero attached hydrogens (tertiary/aromatic N) is 2. The van der Waals surface area contributed by atoms with Gasteiger partial charge in [-0.05, 0) is 17.7 Å². The summed E-state index contributed by atoms with van der Waals surface area (Å²) in [6.07, 6.45) is 0. The minimum atomic E-state index is -0.0886. The van der Waals surface area contributed by atoms with Crippen LogP contribution in [-0.4, -0.2) is 10.5 Å². The molecule has 2 N–H and O–H groups in total. The van der Waals surface area contributed by atoms with Gasteiger partial charge in [0.1, 0.15) is 6.07 Å². The normalized spacial score (nSPS) is 10.9. The van der Waals surface area contributed by atoms with E-state index in [4.69, 9.17) is 5.73 Å². The number of aromatic nitrogens is 1. The van der Waals surface area contributed by atoms with Crippen LogP contribution in [0.4, 0.5) is 5.69 Å². The Hall–Kier alpha value is -3.58. The molecule has 0 aliphatic heterocycles. The van der Waals surface area contributed by atoms with Crippen molar-refractivity contribution in [1.29, 1.82) is 5.26 Å². The zero-order chi connectivity index (χ0) is 17.6. The Morgan fingerprint density at radius 2 is 1.72 bits per heavy atom. The van der Waals surface area contributed by atoms with Gasteiger partial charge in [0, 0.05) is 23.3 Å². The summed E-state index contributed by atoms with van der Waals surface area (Å²) in [5, 5.41) is 11.3. The number of para-hydroxylation sites is 1. The average Bonchev–Trinajstić information content (AvgIpc) is 2.97. The number of nitrogen functional groups attached to an aromatic ring is 1. The molecule has 4 heteroatoms. The zero-order valence-corrected chi connectivity index (χ0v) is 13.7. The van der Waals surface area contributed by atoms with Gasteiger partial charge in [0.25, 0.3) is 0 Å². The van der Waals surface area contributed by atoms with E-state index in [1.54, 1.807) is 4.57 Å². The van der Waals surface area contributed by atoms with E-state index in [0.29, 0.717) is 11.3 Å². The van der Waals surface area contributed by atoms with Crippen molar-refractivity contribution in [1.82, 2.24) is 4.57 Å². The van der Waals surface area contributed by atoms with Crippen LogP contribution < -0.4 is 5.73 Å². The number of fused-ring (bicyclic) bond motifs is 3. The van der Waals surface area contributed by atoms with Gasteiger partial charge >= 0.3 is 0 Å². The number of anilines is 1. The van der Waals surface area contributed by atoms with E-state index in [9.17, 15) is 10.1 Å². The molecule has 0 aliphatic carbocycles. The predicted octanol–water partition coefficient (Wildman–Crippen LogP) is 4.58. The molecule has 0 spiro atoms. The highest BCUT2D eigenvalue weighted by Gasteiger charge is 2.20. The van der Waals surface area contributed by atoms with Crippen molar-refractivity contribution in [3.8, 4) is 17.2 Å². The van der Waals surface area contributed by atoms with Crippen LogP contribution in [0.2, 0.25) is 0 Å². The van der Waals surface area contributed by atoms with E-state index in [-0.39, 0.29) is 5.91 Å². The van der Waals surface area contributed by atoms with Crippen LogP contribution >= 0.6 is 0 Å². The van der Waals surface area contributed by atoms with Gasteiger partial charge in [-0.3, -0.25) is 9.36 Å². The molecule has 0 bridgehead atoms. The zero-order valence-electron chi connectivity index (χ0n) is 13.7. The summed E-state index contributed by atoms with van der Waals surface area (Å²) in [6.45, 7) is 1.53. The molecule has 0 atom stereocenters.